The zero-order valence-corrected chi connectivity index (χ0v) is 12.2. The highest BCUT2D eigenvalue weighted by atomic mass is 19.3. The zero-order chi connectivity index (χ0) is 14.4. The van der Waals surface area contributed by atoms with Gasteiger partial charge in [0.1, 0.15) is 0 Å². The largest absolute Gasteiger partial charge is 0.396 e. The predicted octanol–water partition coefficient (Wildman–Crippen LogP) is 2.25. The van der Waals surface area contributed by atoms with E-state index in [1.807, 2.05) is 4.90 Å². The summed E-state index contributed by atoms with van der Waals surface area (Å²) in [5.41, 5.74) is 0. The second-order valence-electron chi connectivity index (χ2n) is 6.32. The van der Waals surface area contributed by atoms with Crippen molar-refractivity contribution in [2.45, 2.75) is 63.5 Å². The lowest BCUT2D eigenvalue weighted by Gasteiger charge is -2.36. The van der Waals surface area contributed by atoms with Crippen molar-refractivity contribution < 1.29 is 13.9 Å². The molecule has 2 aliphatic rings. The number of aliphatic hydroxyl groups is 1. The third-order valence-corrected chi connectivity index (χ3v) is 4.83. The normalized spacial score (nSPS) is 30.6. The number of nitrogens with one attached hydrogen (secondary N) is 1. The number of rotatable bonds is 5. The molecule has 20 heavy (non-hydrogen) atoms. The van der Waals surface area contributed by atoms with Crippen LogP contribution in [0.1, 0.15) is 44.9 Å². The summed E-state index contributed by atoms with van der Waals surface area (Å²) in [6, 6.07) is 0.843. The summed E-state index contributed by atoms with van der Waals surface area (Å²) in [5, 5.41) is 13.2. The Balaban J connectivity index is 1.75. The van der Waals surface area contributed by atoms with Crippen molar-refractivity contribution in [1.82, 2.24) is 10.2 Å². The van der Waals surface area contributed by atoms with Crippen LogP contribution in [0.4, 0.5) is 8.78 Å². The van der Waals surface area contributed by atoms with E-state index in [0.29, 0.717) is 18.0 Å². The lowest BCUT2D eigenvalue weighted by atomic mass is 9.93. The Labute approximate surface area is 120 Å². The van der Waals surface area contributed by atoms with E-state index in [0.717, 1.165) is 38.8 Å². The van der Waals surface area contributed by atoms with Crippen molar-refractivity contribution in [2.75, 3.05) is 26.2 Å². The van der Waals surface area contributed by atoms with Gasteiger partial charge >= 0.3 is 0 Å². The highest BCUT2D eigenvalue weighted by Crippen LogP contribution is 2.24. The fourth-order valence-corrected chi connectivity index (χ4v) is 3.60. The summed E-state index contributed by atoms with van der Waals surface area (Å²) in [4.78, 5) is 1.86. The van der Waals surface area contributed by atoms with E-state index in [2.05, 4.69) is 5.32 Å². The number of alkyl halides is 2. The van der Waals surface area contributed by atoms with Crippen LogP contribution in [0.25, 0.3) is 0 Å². The molecule has 0 aromatic heterocycles. The first-order chi connectivity index (χ1) is 9.69. The quantitative estimate of drug-likeness (QED) is 0.762. The van der Waals surface area contributed by atoms with Crippen LogP contribution in [0.3, 0.4) is 0 Å². The summed E-state index contributed by atoms with van der Waals surface area (Å²) in [6.07, 6.45) is 5.64. The molecular weight excluding hydrogens is 262 g/mol. The average Bonchev–Trinajstić information content (AvgIpc) is 2.65. The van der Waals surface area contributed by atoms with Crippen molar-refractivity contribution in [3.05, 3.63) is 0 Å². The van der Waals surface area contributed by atoms with Crippen LogP contribution < -0.4 is 5.32 Å². The highest BCUT2D eigenvalue weighted by molar-refractivity contribution is 4.85. The minimum Gasteiger partial charge on any atom is -0.396 e. The monoisotopic (exact) mass is 290 g/mol. The second-order valence-corrected chi connectivity index (χ2v) is 6.32. The van der Waals surface area contributed by atoms with Gasteiger partial charge < -0.3 is 10.4 Å². The van der Waals surface area contributed by atoms with Crippen LogP contribution in [0.15, 0.2) is 0 Å². The Morgan fingerprint density at radius 2 is 1.75 bits per heavy atom. The van der Waals surface area contributed by atoms with E-state index in [1.165, 1.54) is 19.3 Å². The minimum atomic E-state index is -2.22. The topological polar surface area (TPSA) is 35.5 Å². The second kappa shape index (κ2) is 8.25. The molecule has 2 atom stereocenters. The van der Waals surface area contributed by atoms with Crippen LogP contribution in [0, 0.1) is 5.92 Å². The maximum absolute atomic E-state index is 12.3. The van der Waals surface area contributed by atoms with E-state index < -0.39 is 6.43 Å². The van der Waals surface area contributed by atoms with Crippen LogP contribution >= 0.6 is 0 Å². The fourth-order valence-electron chi connectivity index (χ4n) is 3.60. The van der Waals surface area contributed by atoms with Gasteiger partial charge in [0, 0.05) is 18.7 Å². The van der Waals surface area contributed by atoms with Gasteiger partial charge in [-0.05, 0) is 44.7 Å². The van der Waals surface area contributed by atoms with E-state index in [1.54, 1.807) is 0 Å². The molecule has 1 aliphatic carbocycles. The number of aliphatic hydroxyl groups excluding tert-OH is 1. The molecule has 118 valence electrons. The number of halogens is 2. The Morgan fingerprint density at radius 1 is 1.05 bits per heavy atom. The Bertz CT molecular complexity index is 271. The first kappa shape index (κ1) is 16.1. The van der Waals surface area contributed by atoms with Gasteiger partial charge in [-0.15, -0.1) is 0 Å². The SMILES string of the molecule is OC[C@H]1CCCCC[C@H]1NC1CCN(CC(F)F)CC1. The van der Waals surface area contributed by atoms with Crippen molar-refractivity contribution in [3.8, 4) is 0 Å². The Morgan fingerprint density at radius 3 is 2.40 bits per heavy atom. The Hall–Kier alpha value is -0.260. The summed E-state index contributed by atoms with van der Waals surface area (Å²) in [6.45, 7) is 1.70. The molecule has 0 aromatic carbocycles. The van der Waals surface area contributed by atoms with Gasteiger partial charge in [0.05, 0.1) is 6.54 Å². The van der Waals surface area contributed by atoms with Crippen LogP contribution in [-0.2, 0) is 0 Å². The fraction of sp³-hybridized carbons (Fsp3) is 1.00. The number of nitrogens with zero attached hydrogens (tertiary/aromatic N) is 1. The summed E-state index contributed by atoms with van der Waals surface area (Å²) >= 11 is 0. The molecule has 1 heterocycles. The molecule has 0 radical (unpaired) electrons. The summed E-state index contributed by atoms with van der Waals surface area (Å²) in [7, 11) is 0. The lowest BCUT2D eigenvalue weighted by Crippen LogP contribution is -2.49. The molecule has 0 bridgehead atoms. The molecule has 0 aromatic rings. The number of piperidine rings is 1. The molecule has 2 fully saturated rings. The summed E-state index contributed by atoms with van der Waals surface area (Å²) < 4.78 is 24.7. The zero-order valence-electron chi connectivity index (χ0n) is 12.2. The molecule has 5 heteroatoms. The number of hydrogen-bond acceptors (Lipinski definition) is 3. The average molecular weight is 290 g/mol. The van der Waals surface area contributed by atoms with E-state index >= 15 is 0 Å². The Kier molecular flexibility index (Phi) is 6.65. The molecule has 2 rings (SSSR count). The van der Waals surface area contributed by atoms with Crippen LogP contribution in [0.5, 0.6) is 0 Å². The third-order valence-electron chi connectivity index (χ3n) is 4.83. The van der Waals surface area contributed by atoms with Crippen LogP contribution in [0.2, 0.25) is 0 Å². The standard InChI is InChI=1S/C15H28F2N2O/c16-15(17)10-19-8-6-13(7-9-19)18-14-5-3-1-2-4-12(14)11-20/h12-15,18,20H,1-11H2/t12-,14-/m1/s1. The maximum Gasteiger partial charge on any atom is 0.251 e. The van der Waals surface area contributed by atoms with E-state index in [4.69, 9.17) is 0 Å². The van der Waals surface area contributed by atoms with Gasteiger partial charge in [-0.2, -0.15) is 0 Å². The summed E-state index contributed by atoms with van der Waals surface area (Å²) in [5.74, 6) is 0.372. The molecular formula is C15H28F2N2O. The molecule has 1 aliphatic heterocycles. The predicted molar refractivity (Wildman–Crippen MR) is 76.1 cm³/mol. The molecule has 0 unspecified atom stereocenters. The third kappa shape index (κ3) is 4.93. The molecule has 2 N–H and O–H groups in total. The minimum absolute atomic E-state index is 0.0879. The van der Waals surface area contributed by atoms with Gasteiger partial charge in [0.25, 0.3) is 6.43 Å². The van der Waals surface area contributed by atoms with Crippen molar-refractivity contribution in [1.29, 1.82) is 0 Å². The molecule has 0 amide bonds. The van der Waals surface area contributed by atoms with Crippen LogP contribution in [-0.4, -0.2) is 54.8 Å². The molecule has 3 nitrogen and oxygen atoms in total. The number of likely N-dealkylation sites (tertiary alicyclic amines) is 1. The van der Waals surface area contributed by atoms with Crippen molar-refractivity contribution >= 4 is 0 Å². The van der Waals surface area contributed by atoms with Gasteiger partial charge in [0.2, 0.25) is 0 Å². The van der Waals surface area contributed by atoms with Gasteiger partial charge in [-0.1, -0.05) is 19.3 Å². The van der Waals surface area contributed by atoms with Crippen molar-refractivity contribution in [2.24, 2.45) is 5.92 Å². The van der Waals surface area contributed by atoms with E-state index in [9.17, 15) is 13.9 Å². The molecule has 1 saturated heterocycles. The van der Waals surface area contributed by atoms with Gasteiger partial charge in [0.15, 0.2) is 0 Å². The van der Waals surface area contributed by atoms with Gasteiger partial charge in [-0.25, -0.2) is 8.78 Å². The molecule has 1 saturated carbocycles. The van der Waals surface area contributed by atoms with Gasteiger partial charge in [-0.3, -0.25) is 4.90 Å². The highest BCUT2D eigenvalue weighted by Gasteiger charge is 2.27. The number of hydrogen-bond donors (Lipinski definition) is 2. The first-order valence-corrected chi connectivity index (χ1v) is 8.06. The van der Waals surface area contributed by atoms with Crippen molar-refractivity contribution in [3.63, 3.8) is 0 Å². The lowest BCUT2D eigenvalue weighted by molar-refractivity contribution is 0.0697. The molecule has 0 spiro atoms. The maximum atomic E-state index is 12.3. The van der Waals surface area contributed by atoms with E-state index in [-0.39, 0.29) is 13.2 Å². The first-order valence-electron chi connectivity index (χ1n) is 8.06. The smallest absolute Gasteiger partial charge is 0.251 e.